The van der Waals surface area contributed by atoms with Crippen molar-refractivity contribution in [2.75, 3.05) is 18.5 Å². The third-order valence-corrected chi connectivity index (χ3v) is 3.45. The molecule has 0 aromatic heterocycles. The maximum atomic E-state index is 10.6. The number of nitro groups is 1. The van der Waals surface area contributed by atoms with Gasteiger partial charge >= 0.3 is 0 Å². The number of rotatable bonds is 4. The lowest BCUT2D eigenvalue weighted by Gasteiger charge is -2.29. The number of anilines is 1. The minimum Gasteiger partial charge on any atom is -0.382 e. The largest absolute Gasteiger partial charge is 0.382 e. The molecule has 0 saturated carbocycles. The van der Waals surface area contributed by atoms with Crippen molar-refractivity contribution < 1.29 is 9.66 Å². The molecule has 1 aromatic carbocycles. The minimum atomic E-state index is -0.383. The number of ether oxygens (including phenoxy) is 1. The Morgan fingerprint density at radius 1 is 1.33 bits per heavy atom. The summed E-state index contributed by atoms with van der Waals surface area (Å²) in [6.07, 6.45) is 2.14. The van der Waals surface area contributed by atoms with Crippen LogP contribution >= 0.6 is 0 Å². The molecule has 2 rings (SSSR count). The molecule has 1 unspecified atom stereocenters. The maximum Gasteiger partial charge on any atom is 0.269 e. The van der Waals surface area contributed by atoms with Crippen molar-refractivity contribution in [3.8, 4) is 0 Å². The van der Waals surface area contributed by atoms with Gasteiger partial charge in [0.1, 0.15) is 0 Å². The number of hydrogen-bond acceptors (Lipinski definition) is 4. The normalized spacial score (nSPS) is 18.3. The molecule has 0 spiro atoms. The number of nitrogens with one attached hydrogen (secondary N) is 1. The Balaban J connectivity index is 1.93. The van der Waals surface area contributed by atoms with Gasteiger partial charge in [0.15, 0.2) is 0 Å². The number of nitro benzene ring substituents is 1. The van der Waals surface area contributed by atoms with Crippen molar-refractivity contribution in [1.29, 1.82) is 0 Å². The first-order valence-electron chi connectivity index (χ1n) is 6.25. The molecule has 5 heteroatoms. The van der Waals surface area contributed by atoms with Gasteiger partial charge in [-0.15, -0.1) is 0 Å². The van der Waals surface area contributed by atoms with Gasteiger partial charge in [-0.25, -0.2) is 0 Å². The van der Waals surface area contributed by atoms with Crippen LogP contribution in [0.15, 0.2) is 24.3 Å². The fraction of sp³-hybridized carbons (Fsp3) is 0.538. The fourth-order valence-corrected chi connectivity index (χ4v) is 2.28. The second kappa shape index (κ2) is 5.82. The molecule has 0 aliphatic carbocycles. The lowest BCUT2D eigenvalue weighted by Crippen LogP contribution is -2.30. The number of non-ortho nitro benzene ring substituents is 1. The zero-order valence-electron chi connectivity index (χ0n) is 10.5. The molecular formula is C13H18N2O3. The van der Waals surface area contributed by atoms with Gasteiger partial charge in [0.05, 0.1) is 4.92 Å². The van der Waals surface area contributed by atoms with Crippen molar-refractivity contribution in [3.05, 3.63) is 34.4 Å². The Labute approximate surface area is 106 Å². The van der Waals surface area contributed by atoms with Crippen LogP contribution in [0.2, 0.25) is 0 Å². The smallest absolute Gasteiger partial charge is 0.269 e. The topological polar surface area (TPSA) is 64.4 Å². The van der Waals surface area contributed by atoms with Crippen LogP contribution < -0.4 is 5.32 Å². The van der Waals surface area contributed by atoms with E-state index in [1.54, 1.807) is 12.1 Å². The summed E-state index contributed by atoms with van der Waals surface area (Å²) in [5.41, 5.74) is 1.05. The lowest BCUT2D eigenvalue weighted by molar-refractivity contribution is -0.384. The highest BCUT2D eigenvalue weighted by Crippen LogP contribution is 2.23. The van der Waals surface area contributed by atoms with Gasteiger partial charge in [0, 0.05) is 37.1 Å². The predicted molar refractivity (Wildman–Crippen MR) is 69.7 cm³/mol. The Bertz CT molecular complexity index is 399. The zero-order chi connectivity index (χ0) is 13.0. The summed E-state index contributed by atoms with van der Waals surface area (Å²) in [6, 6.07) is 6.93. The zero-order valence-corrected chi connectivity index (χ0v) is 10.5. The van der Waals surface area contributed by atoms with E-state index in [1.807, 2.05) is 0 Å². The van der Waals surface area contributed by atoms with Crippen LogP contribution in [-0.2, 0) is 4.74 Å². The summed E-state index contributed by atoms with van der Waals surface area (Å²) in [5, 5.41) is 14.0. The average molecular weight is 250 g/mol. The van der Waals surface area contributed by atoms with E-state index in [4.69, 9.17) is 4.74 Å². The maximum absolute atomic E-state index is 10.6. The van der Waals surface area contributed by atoms with Crippen LogP contribution in [0.5, 0.6) is 0 Å². The predicted octanol–water partition coefficient (Wildman–Crippen LogP) is 2.82. The Hall–Kier alpha value is -1.62. The van der Waals surface area contributed by atoms with Gasteiger partial charge < -0.3 is 10.1 Å². The van der Waals surface area contributed by atoms with E-state index < -0.39 is 0 Å². The molecule has 1 atom stereocenters. The van der Waals surface area contributed by atoms with E-state index >= 15 is 0 Å². The van der Waals surface area contributed by atoms with E-state index in [0.717, 1.165) is 31.7 Å². The lowest BCUT2D eigenvalue weighted by atomic mass is 9.93. The van der Waals surface area contributed by atoms with Gasteiger partial charge in [0.25, 0.3) is 5.69 Å². The first-order chi connectivity index (χ1) is 8.66. The molecular weight excluding hydrogens is 232 g/mol. The van der Waals surface area contributed by atoms with Crippen molar-refractivity contribution in [2.24, 2.45) is 5.92 Å². The summed E-state index contributed by atoms with van der Waals surface area (Å²) >= 11 is 0. The summed E-state index contributed by atoms with van der Waals surface area (Å²) in [5.74, 6) is 0.606. The molecule has 0 amide bonds. The Kier molecular flexibility index (Phi) is 4.15. The molecule has 1 N–H and O–H groups in total. The molecule has 0 radical (unpaired) electrons. The quantitative estimate of drug-likeness (QED) is 0.659. The molecule has 1 fully saturated rings. The van der Waals surface area contributed by atoms with E-state index in [2.05, 4.69) is 12.2 Å². The van der Waals surface area contributed by atoms with Crippen molar-refractivity contribution in [2.45, 2.75) is 25.8 Å². The molecule has 1 saturated heterocycles. The second-order valence-electron chi connectivity index (χ2n) is 4.69. The molecule has 1 aliphatic rings. The van der Waals surface area contributed by atoms with Gasteiger partial charge in [-0.1, -0.05) is 0 Å². The summed E-state index contributed by atoms with van der Waals surface area (Å²) < 4.78 is 5.34. The summed E-state index contributed by atoms with van der Waals surface area (Å²) in [6.45, 7) is 3.81. The highest BCUT2D eigenvalue weighted by atomic mass is 16.6. The van der Waals surface area contributed by atoms with Crippen LogP contribution in [0.4, 0.5) is 11.4 Å². The summed E-state index contributed by atoms with van der Waals surface area (Å²) in [7, 11) is 0. The first-order valence-corrected chi connectivity index (χ1v) is 6.25. The average Bonchev–Trinajstić information content (AvgIpc) is 2.40. The van der Waals surface area contributed by atoms with Crippen molar-refractivity contribution >= 4 is 11.4 Å². The number of nitrogens with zero attached hydrogens (tertiary/aromatic N) is 1. The van der Waals surface area contributed by atoms with Crippen molar-refractivity contribution in [1.82, 2.24) is 0 Å². The highest BCUT2D eigenvalue weighted by Gasteiger charge is 2.20. The van der Waals surface area contributed by atoms with E-state index in [-0.39, 0.29) is 10.6 Å². The monoisotopic (exact) mass is 250 g/mol. The Morgan fingerprint density at radius 2 is 1.94 bits per heavy atom. The molecule has 5 nitrogen and oxygen atoms in total. The molecule has 1 aliphatic heterocycles. The van der Waals surface area contributed by atoms with Crippen LogP contribution in [0.25, 0.3) is 0 Å². The van der Waals surface area contributed by atoms with Gasteiger partial charge in [-0.3, -0.25) is 10.1 Å². The standard InChI is InChI=1S/C13H18N2O3/c1-10(11-6-8-18-9-7-11)14-12-2-4-13(5-3-12)15(16)17/h2-5,10-11,14H,6-9H2,1H3. The number of benzene rings is 1. The first kappa shape index (κ1) is 12.8. The van der Waals surface area contributed by atoms with E-state index in [1.165, 1.54) is 12.1 Å². The third kappa shape index (κ3) is 3.20. The molecule has 98 valence electrons. The van der Waals surface area contributed by atoms with Crippen LogP contribution in [-0.4, -0.2) is 24.2 Å². The van der Waals surface area contributed by atoms with Gasteiger partial charge in [-0.2, -0.15) is 0 Å². The molecule has 1 heterocycles. The summed E-state index contributed by atoms with van der Waals surface area (Å²) in [4.78, 5) is 10.2. The molecule has 18 heavy (non-hydrogen) atoms. The van der Waals surface area contributed by atoms with Gasteiger partial charge in [0.2, 0.25) is 0 Å². The SMILES string of the molecule is CC(Nc1ccc([N+](=O)[O-])cc1)C1CCOCC1. The highest BCUT2D eigenvalue weighted by molar-refractivity contribution is 5.49. The van der Waals surface area contributed by atoms with Crippen LogP contribution in [0.1, 0.15) is 19.8 Å². The third-order valence-electron chi connectivity index (χ3n) is 3.45. The van der Waals surface area contributed by atoms with Gasteiger partial charge in [-0.05, 0) is 37.8 Å². The van der Waals surface area contributed by atoms with Crippen molar-refractivity contribution in [3.63, 3.8) is 0 Å². The van der Waals surface area contributed by atoms with E-state index in [9.17, 15) is 10.1 Å². The fourth-order valence-electron chi connectivity index (χ4n) is 2.28. The number of hydrogen-bond donors (Lipinski definition) is 1. The minimum absolute atomic E-state index is 0.124. The second-order valence-corrected chi connectivity index (χ2v) is 4.69. The molecule has 1 aromatic rings. The van der Waals surface area contributed by atoms with E-state index in [0.29, 0.717) is 12.0 Å². The Morgan fingerprint density at radius 3 is 2.50 bits per heavy atom. The van der Waals surface area contributed by atoms with Crippen LogP contribution in [0.3, 0.4) is 0 Å². The molecule has 0 bridgehead atoms. The van der Waals surface area contributed by atoms with Crippen LogP contribution in [0, 0.1) is 16.0 Å².